The predicted octanol–water partition coefficient (Wildman–Crippen LogP) is 4.95. The first-order valence-electron chi connectivity index (χ1n) is 9.69. The van der Waals surface area contributed by atoms with Crippen LogP contribution in [0.3, 0.4) is 0 Å². The maximum absolute atomic E-state index is 12.3. The van der Waals surface area contributed by atoms with Gasteiger partial charge in [-0.3, -0.25) is 4.79 Å². The van der Waals surface area contributed by atoms with Gasteiger partial charge in [0, 0.05) is 12.6 Å². The third-order valence-corrected chi connectivity index (χ3v) is 5.79. The van der Waals surface area contributed by atoms with Crippen LogP contribution in [0.5, 0.6) is 0 Å². The van der Waals surface area contributed by atoms with Gasteiger partial charge in [0.05, 0.1) is 10.5 Å². The largest absolute Gasteiger partial charge is 0.307 e. The number of benzene rings is 1. The Hall–Kier alpha value is -1.32. The Balaban J connectivity index is 1.56. The van der Waals surface area contributed by atoms with Crippen LogP contribution < -0.4 is 5.56 Å². The molecule has 0 amide bonds. The maximum Gasteiger partial charge on any atom is 0.251 e. The van der Waals surface area contributed by atoms with Crippen LogP contribution in [0, 0.1) is 5.92 Å². The predicted molar refractivity (Wildman–Crippen MR) is 107 cm³/mol. The molecule has 0 bridgehead atoms. The minimum Gasteiger partial charge on any atom is -0.307 e. The number of aryl methyl sites for hydroxylation is 1. The van der Waals surface area contributed by atoms with Gasteiger partial charge in [-0.1, -0.05) is 49.9 Å². The van der Waals surface area contributed by atoms with E-state index in [0.29, 0.717) is 5.02 Å². The summed E-state index contributed by atoms with van der Waals surface area (Å²) in [4.78, 5) is 14.9. The highest BCUT2D eigenvalue weighted by Gasteiger charge is 2.18. The van der Waals surface area contributed by atoms with Crippen LogP contribution in [0.2, 0.25) is 5.02 Å². The fraction of sp³-hybridized carbons (Fsp3) is 0.571. The lowest BCUT2D eigenvalue weighted by atomic mass is 9.91. The molecule has 1 aromatic heterocycles. The number of nitrogens with zero attached hydrogens (tertiary/aromatic N) is 2. The van der Waals surface area contributed by atoms with Crippen molar-refractivity contribution in [2.45, 2.75) is 52.0 Å². The van der Waals surface area contributed by atoms with Crippen LogP contribution in [-0.2, 0) is 6.54 Å². The lowest BCUT2D eigenvalue weighted by molar-refractivity contribution is 0.174. The molecule has 1 fully saturated rings. The molecule has 0 radical (unpaired) electrons. The zero-order valence-corrected chi connectivity index (χ0v) is 16.0. The molecule has 0 atom stereocenters. The van der Waals surface area contributed by atoms with Crippen LogP contribution in [0.25, 0.3) is 10.9 Å². The third-order valence-electron chi connectivity index (χ3n) is 5.49. The zero-order chi connectivity index (χ0) is 17.6. The summed E-state index contributed by atoms with van der Waals surface area (Å²) in [5.41, 5.74) is 0.911. The zero-order valence-electron chi connectivity index (χ0n) is 15.2. The van der Waals surface area contributed by atoms with Crippen molar-refractivity contribution in [3.05, 3.63) is 45.7 Å². The van der Waals surface area contributed by atoms with Gasteiger partial charge in [0.25, 0.3) is 5.56 Å². The molecule has 3 nitrogen and oxygen atoms in total. The summed E-state index contributed by atoms with van der Waals surface area (Å²) in [6.07, 6.45) is 7.73. The summed E-state index contributed by atoms with van der Waals surface area (Å²) in [6, 6.07) is 9.32. The molecule has 1 aromatic carbocycles. The number of rotatable bonds is 7. The highest BCUT2D eigenvalue weighted by Crippen LogP contribution is 2.24. The molecule has 0 unspecified atom stereocenters. The Morgan fingerprint density at radius 3 is 2.64 bits per heavy atom. The van der Waals surface area contributed by atoms with E-state index in [0.717, 1.165) is 36.3 Å². The highest BCUT2D eigenvalue weighted by molar-refractivity contribution is 6.35. The van der Waals surface area contributed by atoms with Crippen molar-refractivity contribution >= 4 is 22.5 Å². The maximum atomic E-state index is 12.3. The quantitative estimate of drug-likeness (QED) is 0.698. The highest BCUT2D eigenvalue weighted by atomic mass is 35.5. The summed E-state index contributed by atoms with van der Waals surface area (Å²) >= 11 is 6.35. The third kappa shape index (κ3) is 4.65. The Morgan fingerprint density at radius 1 is 1.08 bits per heavy atom. The standard InChI is InChI=1S/C21H29ClN2O/c1-2-3-6-17-11-15-23(16-12-17)13-5-14-24-20(25)10-9-18-7-4-8-19(22)21(18)24/h4,7-10,17H,2-3,5-6,11-16H2,1H3. The smallest absolute Gasteiger partial charge is 0.251 e. The van der Waals surface area contributed by atoms with E-state index in [-0.39, 0.29) is 5.56 Å². The van der Waals surface area contributed by atoms with Crippen molar-refractivity contribution in [1.82, 2.24) is 9.47 Å². The van der Waals surface area contributed by atoms with Gasteiger partial charge in [-0.15, -0.1) is 0 Å². The van der Waals surface area contributed by atoms with Crippen molar-refractivity contribution < 1.29 is 0 Å². The molecule has 1 saturated heterocycles. The molecule has 0 N–H and O–H groups in total. The second-order valence-electron chi connectivity index (χ2n) is 7.28. The molecule has 25 heavy (non-hydrogen) atoms. The van der Waals surface area contributed by atoms with Crippen LogP contribution in [0.4, 0.5) is 0 Å². The number of piperidine rings is 1. The molecule has 136 valence electrons. The minimum absolute atomic E-state index is 0.0406. The van der Waals surface area contributed by atoms with E-state index in [1.165, 1.54) is 45.2 Å². The number of aromatic nitrogens is 1. The average molecular weight is 361 g/mol. The second kappa shape index (κ2) is 8.86. The second-order valence-corrected chi connectivity index (χ2v) is 7.69. The van der Waals surface area contributed by atoms with Gasteiger partial charge in [0.15, 0.2) is 0 Å². The first-order chi connectivity index (χ1) is 12.2. The monoisotopic (exact) mass is 360 g/mol. The van der Waals surface area contributed by atoms with Crippen LogP contribution in [0.15, 0.2) is 35.1 Å². The fourth-order valence-electron chi connectivity index (χ4n) is 3.98. The molecule has 2 heterocycles. The molecule has 1 aliphatic heterocycles. The van der Waals surface area contributed by atoms with Crippen molar-refractivity contribution in [3.8, 4) is 0 Å². The van der Waals surface area contributed by atoms with Gasteiger partial charge in [-0.2, -0.15) is 0 Å². The molecule has 0 saturated carbocycles. The van der Waals surface area contributed by atoms with E-state index < -0.39 is 0 Å². The minimum atomic E-state index is 0.0406. The van der Waals surface area contributed by atoms with Gasteiger partial charge in [0.1, 0.15) is 0 Å². The van der Waals surface area contributed by atoms with E-state index in [1.54, 1.807) is 6.07 Å². The van der Waals surface area contributed by atoms with Crippen molar-refractivity contribution in [2.75, 3.05) is 19.6 Å². The summed E-state index contributed by atoms with van der Waals surface area (Å²) in [5.74, 6) is 0.927. The van der Waals surface area contributed by atoms with Gasteiger partial charge in [-0.05, 0) is 62.3 Å². The number of para-hydroxylation sites is 1. The Bertz CT molecular complexity index is 747. The first-order valence-corrected chi connectivity index (χ1v) is 10.1. The number of hydrogen-bond acceptors (Lipinski definition) is 2. The molecular formula is C21H29ClN2O. The SMILES string of the molecule is CCCCC1CCN(CCCn2c(=O)ccc3cccc(Cl)c32)CC1. The van der Waals surface area contributed by atoms with E-state index in [2.05, 4.69) is 11.8 Å². The molecule has 1 aliphatic rings. The van der Waals surface area contributed by atoms with Gasteiger partial charge in [0.2, 0.25) is 0 Å². The first kappa shape index (κ1) is 18.5. The number of hydrogen-bond donors (Lipinski definition) is 0. The molecular weight excluding hydrogens is 332 g/mol. The van der Waals surface area contributed by atoms with Gasteiger partial charge in [-0.25, -0.2) is 0 Å². The number of pyridine rings is 1. The number of likely N-dealkylation sites (tertiary alicyclic amines) is 1. The normalized spacial score (nSPS) is 16.6. The van der Waals surface area contributed by atoms with Crippen molar-refractivity contribution in [3.63, 3.8) is 0 Å². The van der Waals surface area contributed by atoms with Crippen LogP contribution >= 0.6 is 11.6 Å². The lowest BCUT2D eigenvalue weighted by Gasteiger charge is -2.32. The lowest BCUT2D eigenvalue weighted by Crippen LogP contribution is -2.35. The van der Waals surface area contributed by atoms with Gasteiger partial charge < -0.3 is 9.47 Å². The summed E-state index contributed by atoms with van der Waals surface area (Å²) in [7, 11) is 0. The van der Waals surface area contributed by atoms with Crippen LogP contribution in [-0.4, -0.2) is 29.1 Å². The Kier molecular flexibility index (Phi) is 6.55. The van der Waals surface area contributed by atoms with Crippen molar-refractivity contribution in [2.24, 2.45) is 5.92 Å². The average Bonchev–Trinajstić information content (AvgIpc) is 2.63. The van der Waals surface area contributed by atoms with E-state index in [1.807, 2.05) is 28.8 Å². The number of unbranched alkanes of at least 4 members (excludes halogenated alkanes) is 1. The topological polar surface area (TPSA) is 25.2 Å². The van der Waals surface area contributed by atoms with Crippen molar-refractivity contribution in [1.29, 1.82) is 0 Å². The number of halogens is 1. The Labute approximate surface area is 155 Å². The van der Waals surface area contributed by atoms with E-state index in [9.17, 15) is 4.79 Å². The van der Waals surface area contributed by atoms with Crippen LogP contribution in [0.1, 0.15) is 45.4 Å². The summed E-state index contributed by atoms with van der Waals surface area (Å²) in [6.45, 7) is 6.49. The summed E-state index contributed by atoms with van der Waals surface area (Å²) < 4.78 is 1.84. The van der Waals surface area contributed by atoms with Gasteiger partial charge >= 0.3 is 0 Å². The molecule has 0 spiro atoms. The summed E-state index contributed by atoms with van der Waals surface area (Å²) in [5, 5.41) is 1.69. The van der Waals surface area contributed by atoms with E-state index >= 15 is 0 Å². The molecule has 2 aromatic rings. The molecule has 3 rings (SSSR count). The number of fused-ring (bicyclic) bond motifs is 1. The molecule has 4 heteroatoms. The fourth-order valence-corrected chi connectivity index (χ4v) is 4.26. The molecule has 0 aliphatic carbocycles. The Morgan fingerprint density at radius 2 is 1.88 bits per heavy atom. The van der Waals surface area contributed by atoms with E-state index in [4.69, 9.17) is 11.6 Å².